The molecule has 4 rings (SSSR count). The third-order valence-corrected chi connectivity index (χ3v) is 5.60. The van der Waals surface area contributed by atoms with Gasteiger partial charge in [-0.1, -0.05) is 18.2 Å². The number of sulfonamides is 1. The largest absolute Gasteiger partial charge is 0.348 e. The van der Waals surface area contributed by atoms with Crippen molar-refractivity contribution in [3.63, 3.8) is 0 Å². The zero-order chi connectivity index (χ0) is 17.4. The van der Waals surface area contributed by atoms with Gasteiger partial charge in [0.05, 0.1) is 11.3 Å². The van der Waals surface area contributed by atoms with Crippen LogP contribution >= 0.6 is 12.4 Å². The number of halogens is 1. The van der Waals surface area contributed by atoms with Crippen LogP contribution in [0.15, 0.2) is 46.5 Å². The second kappa shape index (κ2) is 7.22. The highest BCUT2D eigenvalue weighted by Crippen LogP contribution is 2.18. The Kier molecular flexibility index (Phi) is 5.17. The molecule has 0 radical (unpaired) electrons. The molecule has 0 saturated carbocycles. The van der Waals surface area contributed by atoms with Crippen LogP contribution in [0, 0.1) is 0 Å². The van der Waals surface area contributed by atoms with Crippen molar-refractivity contribution in [2.24, 2.45) is 4.40 Å². The number of amides is 1. The predicted molar refractivity (Wildman–Crippen MR) is 101 cm³/mol. The molecule has 7 nitrogen and oxygen atoms in total. The lowest BCUT2D eigenvalue weighted by Crippen LogP contribution is -2.38. The lowest BCUT2D eigenvalue weighted by molar-refractivity contribution is -0.117. The summed E-state index contributed by atoms with van der Waals surface area (Å²) < 4.78 is 26.7. The van der Waals surface area contributed by atoms with Gasteiger partial charge in [0, 0.05) is 32.4 Å². The van der Waals surface area contributed by atoms with Gasteiger partial charge in [0.2, 0.25) is 0 Å². The highest BCUT2D eigenvalue weighted by Gasteiger charge is 2.24. The van der Waals surface area contributed by atoms with Crippen LogP contribution in [-0.4, -0.2) is 37.4 Å². The molecule has 9 heteroatoms. The van der Waals surface area contributed by atoms with Gasteiger partial charge in [-0.15, -0.1) is 16.8 Å². The summed E-state index contributed by atoms with van der Waals surface area (Å²) in [6.45, 7) is 2.52. The summed E-state index contributed by atoms with van der Waals surface area (Å²) >= 11 is 0. The number of benzene rings is 1. The van der Waals surface area contributed by atoms with E-state index >= 15 is 0 Å². The number of nitrogens with one attached hydrogen (secondary N) is 2. The van der Waals surface area contributed by atoms with Gasteiger partial charge in [0.25, 0.3) is 15.9 Å². The van der Waals surface area contributed by atoms with Crippen molar-refractivity contribution in [2.75, 3.05) is 12.3 Å². The molecule has 0 fully saturated rings. The standard InChI is InChI=1S/C17H18N4O3S.ClH/c22-17(19-8-12-1-2-13-9-18-10-15(13)7-12)14-3-4-16-20-25(23,24)6-5-21(16)11-14;/h1-4,7,11,18H,5-6,8-10H2,(H,19,22);1H. The van der Waals surface area contributed by atoms with Crippen LogP contribution in [-0.2, 0) is 34.5 Å². The molecule has 0 saturated heterocycles. The quantitative estimate of drug-likeness (QED) is 0.792. The van der Waals surface area contributed by atoms with Crippen molar-refractivity contribution in [2.45, 2.75) is 19.6 Å². The molecule has 3 aliphatic heterocycles. The SMILES string of the molecule is Cl.O=C(NCc1ccc2c(c1)CNC2)C1=CN2CCS(=O)(=O)N=C2C=C1. The highest BCUT2D eigenvalue weighted by atomic mass is 35.5. The molecule has 1 amide bonds. The van der Waals surface area contributed by atoms with E-state index in [1.807, 2.05) is 6.07 Å². The number of nitrogens with zero attached hydrogens (tertiary/aromatic N) is 2. The Morgan fingerprint density at radius 2 is 2.04 bits per heavy atom. The number of fused-ring (bicyclic) bond motifs is 2. The summed E-state index contributed by atoms with van der Waals surface area (Å²) in [6, 6.07) is 6.23. The van der Waals surface area contributed by atoms with Crippen LogP contribution in [0.5, 0.6) is 0 Å². The van der Waals surface area contributed by atoms with Crippen LogP contribution < -0.4 is 10.6 Å². The van der Waals surface area contributed by atoms with Crippen molar-refractivity contribution in [3.8, 4) is 0 Å². The fourth-order valence-corrected chi connectivity index (χ4v) is 4.05. The smallest absolute Gasteiger partial charge is 0.256 e. The Hall–Kier alpha value is -2.16. The minimum absolute atomic E-state index is 0. The summed E-state index contributed by atoms with van der Waals surface area (Å²) in [4.78, 5) is 14.1. The predicted octanol–water partition coefficient (Wildman–Crippen LogP) is 0.825. The average Bonchev–Trinajstić information content (AvgIpc) is 3.06. The van der Waals surface area contributed by atoms with Gasteiger partial charge in [-0.2, -0.15) is 0 Å². The van der Waals surface area contributed by atoms with Crippen LogP contribution in [0.3, 0.4) is 0 Å². The molecular formula is C17H19ClN4O3S. The molecule has 2 N–H and O–H groups in total. The molecule has 3 heterocycles. The van der Waals surface area contributed by atoms with E-state index in [1.165, 1.54) is 11.1 Å². The van der Waals surface area contributed by atoms with E-state index in [9.17, 15) is 13.2 Å². The molecule has 3 aliphatic rings. The zero-order valence-electron chi connectivity index (χ0n) is 13.9. The highest BCUT2D eigenvalue weighted by molar-refractivity contribution is 7.90. The second-order valence-corrected chi connectivity index (χ2v) is 7.99. The van der Waals surface area contributed by atoms with Gasteiger partial charge in [-0.05, 0) is 28.8 Å². The Bertz CT molecular complexity index is 937. The Morgan fingerprint density at radius 3 is 2.88 bits per heavy atom. The summed E-state index contributed by atoms with van der Waals surface area (Å²) in [5.41, 5.74) is 4.13. The van der Waals surface area contributed by atoms with E-state index in [2.05, 4.69) is 27.2 Å². The van der Waals surface area contributed by atoms with Crippen LogP contribution in [0.2, 0.25) is 0 Å². The van der Waals surface area contributed by atoms with E-state index in [1.54, 1.807) is 23.3 Å². The normalized spacial score (nSPS) is 19.6. The first-order valence-corrected chi connectivity index (χ1v) is 9.70. The average molecular weight is 395 g/mol. The summed E-state index contributed by atoms with van der Waals surface area (Å²) in [7, 11) is -3.38. The molecule has 0 spiro atoms. The first kappa shape index (κ1) is 18.6. The Balaban J connectivity index is 0.00000196. The Morgan fingerprint density at radius 1 is 1.23 bits per heavy atom. The molecule has 0 unspecified atom stereocenters. The number of amidine groups is 1. The third-order valence-electron chi connectivity index (χ3n) is 4.44. The fourth-order valence-electron chi connectivity index (χ4n) is 3.08. The molecule has 0 aromatic heterocycles. The second-order valence-electron chi connectivity index (χ2n) is 6.24. The lowest BCUT2D eigenvalue weighted by atomic mass is 10.1. The molecule has 1 aromatic carbocycles. The number of carbonyl (C=O) groups excluding carboxylic acids is 1. The number of rotatable bonds is 3. The molecule has 0 atom stereocenters. The maximum atomic E-state index is 12.4. The molecule has 138 valence electrons. The van der Waals surface area contributed by atoms with Crippen molar-refractivity contribution in [1.29, 1.82) is 0 Å². The first-order chi connectivity index (χ1) is 12.0. The molecule has 26 heavy (non-hydrogen) atoms. The topological polar surface area (TPSA) is 90.9 Å². The van der Waals surface area contributed by atoms with E-state index in [0.29, 0.717) is 24.5 Å². The monoisotopic (exact) mass is 394 g/mol. The number of hydrogen-bond donors (Lipinski definition) is 2. The maximum absolute atomic E-state index is 12.4. The van der Waals surface area contributed by atoms with Gasteiger partial charge in [0.15, 0.2) is 0 Å². The van der Waals surface area contributed by atoms with Crippen molar-refractivity contribution < 1.29 is 13.2 Å². The summed E-state index contributed by atoms with van der Waals surface area (Å²) in [6.07, 6.45) is 4.81. The molecule has 0 aliphatic carbocycles. The van der Waals surface area contributed by atoms with E-state index in [4.69, 9.17) is 0 Å². The van der Waals surface area contributed by atoms with Crippen LogP contribution in [0.1, 0.15) is 16.7 Å². The maximum Gasteiger partial charge on any atom is 0.256 e. The lowest BCUT2D eigenvalue weighted by Gasteiger charge is -2.26. The molecular weight excluding hydrogens is 376 g/mol. The van der Waals surface area contributed by atoms with E-state index < -0.39 is 10.0 Å². The summed E-state index contributed by atoms with van der Waals surface area (Å²) in [5, 5.41) is 6.21. The van der Waals surface area contributed by atoms with Crippen molar-refractivity contribution in [1.82, 2.24) is 15.5 Å². The zero-order valence-corrected chi connectivity index (χ0v) is 15.6. The third kappa shape index (κ3) is 3.82. The number of hydrogen-bond acceptors (Lipinski definition) is 5. The summed E-state index contributed by atoms with van der Waals surface area (Å²) in [5.74, 6) is 0.120. The first-order valence-electron chi connectivity index (χ1n) is 8.09. The van der Waals surface area contributed by atoms with Gasteiger partial charge >= 0.3 is 0 Å². The van der Waals surface area contributed by atoms with E-state index in [0.717, 1.165) is 18.7 Å². The van der Waals surface area contributed by atoms with Crippen LogP contribution in [0.25, 0.3) is 0 Å². The van der Waals surface area contributed by atoms with E-state index in [-0.39, 0.29) is 24.1 Å². The van der Waals surface area contributed by atoms with Crippen LogP contribution in [0.4, 0.5) is 0 Å². The minimum Gasteiger partial charge on any atom is -0.348 e. The van der Waals surface area contributed by atoms with Gasteiger partial charge in [-0.3, -0.25) is 4.79 Å². The molecule has 0 bridgehead atoms. The van der Waals surface area contributed by atoms with Crippen molar-refractivity contribution >= 4 is 34.2 Å². The van der Waals surface area contributed by atoms with Gasteiger partial charge < -0.3 is 15.5 Å². The van der Waals surface area contributed by atoms with Gasteiger partial charge in [-0.25, -0.2) is 8.42 Å². The van der Waals surface area contributed by atoms with Gasteiger partial charge in [0.1, 0.15) is 5.84 Å². The number of carbonyl (C=O) groups is 1. The van der Waals surface area contributed by atoms with Crippen molar-refractivity contribution in [3.05, 3.63) is 58.8 Å². The fraction of sp³-hybridized carbons (Fsp3) is 0.294. The Labute approximate surface area is 158 Å². The molecule has 1 aromatic rings. The minimum atomic E-state index is -3.38.